The SMILES string of the molecule is CN(C)CCCN(c1ccncc1)c1csc2cc(F)ccc12. The molecule has 0 fully saturated rings. The van der Waals surface area contributed by atoms with Crippen molar-refractivity contribution in [3.8, 4) is 0 Å². The fraction of sp³-hybridized carbons (Fsp3) is 0.278. The van der Waals surface area contributed by atoms with E-state index in [1.165, 1.54) is 6.07 Å². The highest BCUT2D eigenvalue weighted by molar-refractivity contribution is 7.17. The summed E-state index contributed by atoms with van der Waals surface area (Å²) in [6.07, 6.45) is 4.67. The number of halogens is 1. The van der Waals surface area contributed by atoms with Crippen molar-refractivity contribution in [1.82, 2.24) is 9.88 Å². The van der Waals surface area contributed by atoms with E-state index < -0.39 is 0 Å². The first-order chi connectivity index (χ1) is 11.1. The summed E-state index contributed by atoms with van der Waals surface area (Å²) in [5.74, 6) is -0.186. The molecule has 0 aliphatic rings. The Labute approximate surface area is 140 Å². The maximum absolute atomic E-state index is 13.4. The summed E-state index contributed by atoms with van der Waals surface area (Å²) < 4.78 is 14.4. The van der Waals surface area contributed by atoms with Gasteiger partial charge in [-0.15, -0.1) is 11.3 Å². The number of benzene rings is 1. The average molecular weight is 329 g/mol. The minimum atomic E-state index is -0.186. The molecule has 120 valence electrons. The summed E-state index contributed by atoms with van der Waals surface area (Å²) >= 11 is 1.58. The van der Waals surface area contributed by atoms with Crippen LogP contribution in [-0.4, -0.2) is 37.1 Å². The summed E-state index contributed by atoms with van der Waals surface area (Å²) in [6.45, 7) is 1.93. The standard InChI is InChI=1S/C18H20FN3S/c1-21(2)10-3-11-22(15-6-8-20-9-7-15)17-13-23-18-12-14(19)4-5-16(17)18/h4-9,12-13H,3,10-11H2,1-2H3. The Kier molecular flexibility index (Phi) is 4.88. The normalized spacial score (nSPS) is 11.3. The Morgan fingerprint density at radius 1 is 1.09 bits per heavy atom. The maximum Gasteiger partial charge on any atom is 0.124 e. The number of pyridine rings is 1. The molecule has 3 nitrogen and oxygen atoms in total. The van der Waals surface area contributed by atoms with Crippen LogP contribution in [0.5, 0.6) is 0 Å². The summed E-state index contributed by atoms with van der Waals surface area (Å²) in [4.78, 5) is 8.59. The molecule has 5 heteroatoms. The van der Waals surface area contributed by atoms with Crippen molar-refractivity contribution >= 4 is 32.8 Å². The van der Waals surface area contributed by atoms with Crippen molar-refractivity contribution in [2.45, 2.75) is 6.42 Å². The Bertz CT molecular complexity index is 770. The number of rotatable bonds is 6. The van der Waals surface area contributed by atoms with Crippen LogP contribution >= 0.6 is 11.3 Å². The number of nitrogens with zero attached hydrogens (tertiary/aromatic N) is 3. The van der Waals surface area contributed by atoms with E-state index in [2.05, 4.69) is 34.3 Å². The Morgan fingerprint density at radius 3 is 2.61 bits per heavy atom. The monoisotopic (exact) mass is 329 g/mol. The lowest BCUT2D eigenvalue weighted by Gasteiger charge is -2.25. The minimum absolute atomic E-state index is 0.186. The van der Waals surface area contributed by atoms with Gasteiger partial charge in [-0.2, -0.15) is 0 Å². The van der Waals surface area contributed by atoms with Gasteiger partial charge in [0.1, 0.15) is 5.82 Å². The zero-order chi connectivity index (χ0) is 16.2. The van der Waals surface area contributed by atoms with Crippen LogP contribution in [0.25, 0.3) is 10.1 Å². The van der Waals surface area contributed by atoms with E-state index in [-0.39, 0.29) is 5.82 Å². The van der Waals surface area contributed by atoms with Gasteiger partial charge in [0, 0.05) is 40.1 Å². The molecule has 3 aromatic rings. The molecule has 23 heavy (non-hydrogen) atoms. The molecule has 0 N–H and O–H groups in total. The number of anilines is 2. The summed E-state index contributed by atoms with van der Waals surface area (Å²) in [6, 6.07) is 9.04. The van der Waals surface area contributed by atoms with Crippen molar-refractivity contribution in [2.75, 3.05) is 32.1 Å². The van der Waals surface area contributed by atoms with Gasteiger partial charge in [0.2, 0.25) is 0 Å². The lowest BCUT2D eigenvalue weighted by molar-refractivity contribution is 0.402. The van der Waals surface area contributed by atoms with Gasteiger partial charge in [0.05, 0.1) is 5.69 Å². The van der Waals surface area contributed by atoms with Crippen molar-refractivity contribution in [3.05, 3.63) is 53.9 Å². The van der Waals surface area contributed by atoms with Crippen LogP contribution in [0, 0.1) is 5.82 Å². The third kappa shape index (κ3) is 3.68. The average Bonchev–Trinajstić information content (AvgIpc) is 2.95. The predicted molar refractivity (Wildman–Crippen MR) is 96.2 cm³/mol. The highest BCUT2D eigenvalue weighted by Gasteiger charge is 2.14. The van der Waals surface area contributed by atoms with Crippen LogP contribution < -0.4 is 4.90 Å². The van der Waals surface area contributed by atoms with E-state index in [1.54, 1.807) is 17.4 Å². The van der Waals surface area contributed by atoms with Gasteiger partial charge in [-0.3, -0.25) is 4.98 Å². The molecule has 0 aliphatic heterocycles. The summed E-state index contributed by atoms with van der Waals surface area (Å²) in [5.41, 5.74) is 2.25. The molecular formula is C18H20FN3S. The van der Waals surface area contributed by atoms with Crippen LogP contribution in [0.1, 0.15) is 6.42 Å². The molecule has 0 unspecified atom stereocenters. The second-order valence-electron chi connectivity index (χ2n) is 5.78. The van der Waals surface area contributed by atoms with Gasteiger partial charge >= 0.3 is 0 Å². The number of fused-ring (bicyclic) bond motifs is 1. The topological polar surface area (TPSA) is 19.4 Å². The molecule has 0 atom stereocenters. The molecule has 0 bridgehead atoms. The Balaban J connectivity index is 1.96. The molecule has 1 aromatic carbocycles. The predicted octanol–water partition coefficient (Wildman–Crippen LogP) is 4.53. The first-order valence-corrected chi connectivity index (χ1v) is 8.52. The minimum Gasteiger partial charge on any atom is -0.340 e. The lowest BCUT2D eigenvalue weighted by Crippen LogP contribution is -2.23. The molecular weight excluding hydrogens is 309 g/mol. The number of hydrogen-bond donors (Lipinski definition) is 0. The molecule has 2 heterocycles. The van der Waals surface area contributed by atoms with Gasteiger partial charge in [0.25, 0.3) is 0 Å². The summed E-state index contributed by atoms with van der Waals surface area (Å²) in [7, 11) is 4.17. The number of aromatic nitrogens is 1. The smallest absolute Gasteiger partial charge is 0.124 e. The molecule has 3 rings (SSSR count). The second kappa shape index (κ2) is 7.06. The van der Waals surface area contributed by atoms with Crippen LogP contribution in [0.4, 0.5) is 15.8 Å². The van der Waals surface area contributed by atoms with Gasteiger partial charge in [-0.1, -0.05) is 0 Å². The first kappa shape index (κ1) is 15.9. The third-order valence-corrected chi connectivity index (χ3v) is 4.70. The first-order valence-electron chi connectivity index (χ1n) is 7.64. The summed E-state index contributed by atoms with van der Waals surface area (Å²) in [5, 5.41) is 3.21. The van der Waals surface area contributed by atoms with E-state index in [4.69, 9.17) is 0 Å². The van der Waals surface area contributed by atoms with Gasteiger partial charge in [-0.25, -0.2) is 4.39 Å². The number of thiophene rings is 1. The second-order valence-corrected chi connectivity index (χ2v) is 6.69. The van der Waals surface area contributed by atoms with E-state index in [0.717, 1.165) is 41.0 Å². The van der Waals surface area contributed by atoms with Crippen molar-refractivity contribution < 1.29 is 4.39 Å². The Morgan fingerprint density at radius 2 is 1.87 bits per heavy atom. The zero-order valence-electron chi connectivity index (χ0n) is 13.4. The molecule has 2 aromatic heterocycles. The van der Waals surface area contributed by atoms with Gasteiger partial charge in [0.15, 0.2) is 0 Å². The van der Waals surface area contributed by atoms with Crippen LogP contribution in [0.15, 0.2) is 48.1 Å². The largest absolute Gasteiger partial charge is 0.340 e. The highest BCUT2D eigenvalue weighted by atomic mass is 32.1. The van der Waals surface area contributed by atoms with Crippen LogP contribution in [0.3, 0.4) is 0 Å². The highest BCUT2D eigenvalue weighted by Crippen LogP contribution is 2.37. The molecule has 0 radical (unpaired) electrons. The lowest BCUT2D eigenvalue weighted by atomic mass is 10.2. The fourth-order valence-corrected chi connectivity index (χ4v) is 3.63. The van der Waals surface area contributed by atoms with E-state index in [0.29, 0.717) is 0 Å². The van der Waals surface area contributed by atoms with Crippen LogP contribution in [0.2, 0.25) is 0 Å². The third-order valence-electron chi connectivity index (χ3n) is 3.77. The van der Waals surface area contributed by atoms with Crippen molar-refractivity contribution in [3.63, 3.8) is 0 Å². The van der Waals surface area contributed by atoms with Crippen molar-refractivity contribution in [1.29, 1.82) is 0 Å². The maximum atomic E-state index is 13.4. The molecule has 0 aliphatic carbocycles. The Hall–Kier alpha value is -1.98. The molecule has 0 saturated heterocycles. The number of hydrogen-bond acceptors (Lipinski definition) is 4. The van der Waals surface area contributed by atoms with E-state index in [1.807, 2.05) is 30.6 Å². The fourth-order valence-electron chi connectivity index (χ4n) is 2.65. The van der Waals surface area contributed by atoms with E-state index >= 15 is 0 Å². The molecule has 0 saturated carbocycles. The molecule has 0 spiro atoms. The molecule has 0 amide bonds. The van der Waals surface area contributed by atoms with Gasteiger partial charge < -0.3 is 9.80 Å². The van der Waals surface area contributed by atoms with Gasteiger partial charge in [-0.05, 0) is 57.4 Å². The van der Waals surface area contributed by atoms with Crippen molar-refractivity contribution in [2.24, 2.45) is 0 Å². The van der Waals surface area contributed by atoms with E-state index in [9.17, 15) is 4.39 Å². The quantitative estimate of drug-likeness (QED) is 0.662. The van der Waals surface area contributed by atoms with Crippen LogP contribution in [-0.2, 0) is 0 Å². The zero-order valence-corrected chi connectivity index (χ0v) is 14.2.